The molecule has 0 amide bonds. The van der Waals surface area contributed by atoms with Crippen molar-refractivity contribution >= 4 is 41.0 Å². The number of ketones is 1. The van der Waals surface area contributed by atoms with Crippen LogP contribution in [0.15, 0.2) is 12.1 Å². The molecule has 0 radical (unpaired) electrons. The van der Waals surface area contributed by atoms with Crippen molar-refractivity contribution in [3.8, 4) is 9.75 Å². The summed E-state index contributed by atoms with van der Waals surface area (Å²) in [7, 11) is -1.30. The Labute approximate surface area is 110 Å². The van der Waals surface area contributed by atoms with Crippen LogP contribution in [-0.2, 0) is 0 Å². The molecule has 0 spiro atoms. The highest BCUT2D eigenvalue weighted by atomic mass is 32.1. The third-order valence-corrected chi connectivity index (χ3v) is 8.95. The number of carbonyl (C=O) groups is 1. The quantitative estimate of drug-likeness (QED) is 0.618. The van der Waals surface area contributed by atoms with E-state index in [0.717, 1.165) is 11.1 Å². The van der Waals surface area contributed by atoms with Gasteiger partial charge in [-0.05, 0) is 23.6 Å². The van der Waals surface area contributed by atoms with Gasteiger partial charge in [0.15, 0.2) is 5.78 Å². The minimum Gasteiger partial charge on any atom is -0.289 e. The van der Waals surface area contributed by atoms with E-state index in [0.29, 0.717) is 0 Å². The van der Waals surface area contributed by atoms with Crippen LogP contribution in [0.4, 0.5) is 0 Å². The topological polar surface area (TPSA) is 17.1 Å². The van der Waals surface area contributed by atoms with Gasteiger partial charge in [-0.3, -0.25) is 4.79 Å². The lowest BCUT2D eigenvalue weighted by Gasteiger charge is -2.12. The number of hydrogen-bond donors (Lipinski definition) is 0. The van der Waals surface area contributed by atoms with Crippen LogP contribution in [0, 0.1) is 6.92 Å². The van der Waals surface area contributed by atoms with Gasteiger partial charge < -0.3 is 0 Å². The maximum atomic E-state index is 12.3. The van der Waals surface area contributed by atoms with Crippen LogP contribution in [0.5, 0.6) is 0 Å². The van der Waals surface area contributed by atoms with Crippen LogP contribution in [0.25, 0.3) is 9.75 Å². The van der Waals surface area contributed by atoms with Gasteiger partial charge in [0.05, 0.1) is 17.8 Å². The van der Waals surface area contributed by atoms with Gasteiger partial charge >= 0.3 is 0 Å². The molecule has 17 heavy (non-hydrogen) atoms. The van der Waals surface area contributed by atoms with E-state index >= 15 is 0 Å². The number of hydrogen-bond acceptors (Lipinski definition) is 3. The van der Waals surface area contributed by atoms with Gasteiger partial charge in [0.1, 0.15) is 0 Å². The molecule has 0 fully saturated rings. The van der Waals surface area contributed by atoms with Gasteiger partial charge in [0.25, 0.3) is 0 Å². The van der Waals surface area contributed by atoms with Crippen LogP contribution in [0.3, 0.4) is 0 Å². The first-order valence-electron chi connectivity index (χ1n) is 5.68. The Morgan fingerprint density at radius 1 is 1.00 bits per heavy atom. The van der Waals surface area contributed by atoms with Crippen LogP contribution in [-0.4, -0.2) is 13.9 Å². The first-order chi connectivity index (χ1) is 7.88. The molecule has 2 aromatic heterocycles. The van der Waals surface area contributed by atoms with Crippen molar-refractivity contribution in [3.63, 3.8) is 0 Å². The van der Waals surface area contributed by atoms with E-state index in [9.17, 15) is 4.79 Å². The molecule has 0 bridgehead atoms. The SMILES string of the molecule is Cc1cc2c(s1)-c1sc([Si](C)(C)C)cc1C2=O. The lowest BCUT2D eigenvalue weighted by Crippen LogP contribution is -2.35. The molecular formula is C13H14OS2Si. The number of thiophene rings is 2. The van der Waals surface area contributed by atoms with Crippen molar-refractivity contribution in [3.05, 3.63) is 28.1 Å². The second-order valence-electron chi connectivity index (χ2n) is 5.53. The normalized spacial score (nSPS) is 14.0. The zero-order valence-corrected chi connectivity index (χ0v) is 13.0. The minimum absolute atomic E-state index is 0.236. The van der Waals surface area contributed by atoms with Crippen molar-refractivity contribution in [1.29, 1.82) is 0 Å². The molecule has 0 aliphatic heterocycles. The van der Waals surface area contributed by atoms with Gasteiger partial charge in [-0.25, -0.2) is 0 Å². The summed E-state index contributed by atoms with van der Waals surface area (Å²) < 4.78 is 1.44. The lowest BCUT2D eigenvalue weighted by molar-refractivity contribution is 0.104. The predicted octanol–water partition coefficient (Wildman–Crippen LogP) is 3.87. The first kappa shape index (κ1) is 11.4. The number of aryl methyl sites for hydroxylation is 1. The fourth-order valence-electron chi connectivity index (χ4n) is 2.09. The highest BCUT2D eigenvalue weighted by Gasteiger charge is 2.33. The van der Waals surface area contributed by atoms with E-state index in [-0.39, 0.29) is 5.78 Å². The molecular weight excluding hydrogens is 264 g/mol. The predicted molar refractivity (Wildman–Crippen MR) is 78.8 cm³/mol. The van der Waals surface area contributed by atoms with Crippen LogP contribution >= 0.6 is 22.7 Å². The van der Waals surface area contributed by atoms with Crippen molar-refractivity contribution in [1.82, 2.24) is 0 Å². The molecule has 2 heterocycles. The Balaban J connectivity index is 2.23. The molecule has 0 aromatic carbocycles. The molecule has 4 heteroatoms. The van der Waals surface area contributed by atoms with E-state index in [4.69, 9.17) is 0 Å². The van der Waals surface area contributed by atoms with Crippen LogP contribution in [0.1, 0.15) is 20.8 Å². The Kier molecular flexibility index (Phi) is 2.28. The van der Waals surface area contributed by atoms with Crippen molar-refractivity contribution < 1.29 is 4.79 Å². The molecule has 2 aromatic rings. The largest absolute Gasteiger partial charge is 0.289 e. The summed E-state index contributed by atoms with van der Waals surface area (Å²) in [6, 6.07) is 4.18. The molecule has 1 nitrogen and oxygen atoms in total. The zero-order chi connectivity index (χ0) is 12.4. The van der Waals surface area contributed by atoms with E-state index in [1.165, 1.54) is 19.1 Å². The molecule has 1 aliphatic rings. The molecule has 0 N–H and O–H groups in total. The average Bonchev–Trinajstić information content (AvgIpc) is 2.81. The summed E-state index contributed by atoms with van der Waals surface area (Å²) in [6.07, 6.45) is 0. The maximum absolute atomic E-state index is 12.3. The molecule has 1 aliphatic carbocycles. The third kappa shape index (κ3) is 1.58. The minimum atomic E-state index is -1.30. The Bertz CT molecular complexity index is 628. The van der Waals surface area contributed by atoms with E-state index in [2.05, 4.69) is 32.6 Å². The number of fused-ring (bicyclic) bond motifs is 3. The monoisotopic (exact) mass is 278 g/mol. The Morgan fingerprint density at radius 2 is 1.59 bits per heavy atom. The third-order valence-electron chi connectivity index (χ3n) is 3.02. The van der Waals surface area contributed by atoms with Gasteiger partial charge in [-0.2, -0.15) is 0 Å². The molecule has 0 saturated carbocycles. The van der Waals surface area contributed by atoms with Crippen LogP contribution < -0.4 is 4.50 Å². The van der Waals surface area contributed by atoms with Crippen molar-refractivity contribution in [2.75, 3.05) is 0 Å². The van der Waals surface area contributed by atoms with Crippen molar-refractivity contribution in [2.24, 2.45) is 0 Å². The smallest absolute Gasteiger partial charge is 0.196 e. The molecule has 0 unspecified atom stereocenters. The average molecular weight is 278 g/mol. The summed E-state index contributed by atoms with van der Waals surface area (Å²) in [5.41, 5.74) is 1.88. The van der Waals surface area contributed by atoms with E-state index < -0.39 is 8.07 Å². The second kappa shape index (κ2) is 3.40. The Morgan fingerprint density at radius 3 is 2.24 bits per heavy atom. The second-order valence-corrected chi connectivity index (χ2v) is 13.2. The van der Waals surface area contributed by atoms with Gasteiger partial charge in [-0.1, -0.05) is 19.6 Å². The zero-order valence-electron chi connectivity index (χ0n) is 10.4. The van der Waals surface area contributed by atoms with E-state index in [1.807, 2.05) is 17.4 Å². The fraction of sp³-hybridized carbons (Fsp3) is 0.308. The summed E-state index contributed by atoms with van der Waals surface area (Å²) >= 11 is 3.59. The Hall–Kier alpha value is -0.713. The maximum Gasteiger partial charge on any atom is 0.196 e. The molecule has 0 atom stereocenters. The van der Waals surface area contributed by atoms with Crippen LogP contribution in [0.2, 0.25) is 19.6 Å². The first-order valence-corrected chi connectivity index (χ1v) is 10.8. The van der Waals surface area contributed by atoms with E-state index in [1.54, 1.807) is 11.3 Å². The summed E-state index contributed by atoms with van der Waals surface area (Å²) in [4.78, 5) is 15.9. The fourth-order valence-corrected chi connectivity index (χ4v) is 6.28. The summed E-state index contributed by atoms with van der Waals surface area (Å²) in [5, 5.41) is 0. The lowest BCUT2D eigenvalue weighted by atomic mass is 10.2. The highest BCUT2D eigenvalue weighted by molar-refractivity contribution is 7.31. The van der Waals surface area contributed by atoms with Gasteiger partial charge in [0.2, 0.25) is 0 Å². The molecule has 88 valence electrons. The molecule has 3 rings (SSSR count). The summed E-state index contributed by atoms with van der Waals surface area (Å²) in [6.45, 7) is 9.07. The number of carbonyl (C=O) groups excluding carboxylic acids is 1. The molecule has 0 saturated heterocycles. The highest BCUT2D eigenvalue weighted by Crippen LogP contribution is 2.44. The van der Waals surface area contributed by atoms with Gasteiger partial charge in [0, 0.05) is 16.0 Å². The number of rotatable bonds is 1. The standard InChI is InChI=1S/C13H14OS2Si/c1-7-5-8-11(14)9-6-10(17(2,3)4)16-13(9)12(8)15-7/h5-6H,1-4H3. The summed E-state index contributed by atoms with van der Waals surface area (Å²) in [5.74, 6) is 0.236. The van der Waals surface area contributed by atoms with Crippen molar-refractivity contribution in [2.45, 2.75) is 26.6 Å². The van der Waals surface area contributed by atoms with Gasteiger partial charge in [-0.15, -0.1) is 22.7 Å².